The lowest BCUT2D eigenvalue weighted by Gasteiger charge is -2.17. The second kappa shape index (κ2) is 9.71. The first kappa shape index (κ1) is 16.7. The van der Waals surface area contributed by atoms with Gasteiger partial charge in [-0.1, -0.05) is 19.8 Å². The topological polar surface area (TPSA) is 15.3 Å². The summed E-state index contributed by atoms with van der Waals surface area (Å²) in [6.07, 6.45) is -0.341. The molecule has 0 unspecified atom stereocenters. The van der Waals surface area contributed by atoms with Gasteiger partial charge in [-0.3, -0.25) is 0 Å². The van der Waals surface area contributed by atoms with E-state index in [0.717, 1.165) is 45.3 Å². The van der Waals surface area contributed by atoms with Gasteiger partial charge in [0.25, 0.3) is 0 Å². The molecule has 0 amide bonds. The van der Waals surface area contributed by atoms with Gasteiger partial charge in [0, 0.05) is 6.54 Å². The minimum atomic E-state index is -4.03. The number of hydrogen-bond acceptors (Lipinski definition) is 2. The molecule has 5 heteroatoms. The molecule has 0 saturated carbocycles. The summed E-state index contributed by atoms with van der Waals surface area (Å²) in [5.74, 6) is 0. The lowest BCUT2D eigenvalue weighted by molar-refractivity contribution is -0.137. The molecule has 0 heterocycles. The third-order valence-electron chi connectivity index (χ3n) is 2.67. The van der Waals surface area contributed by atoms with Crippen molar-refractivity contribution in [2.24, 2.45) is 0 Å². The Bertz CT molecular complexity index is 172. The van der Waals surface area contributed by atoms with Gasteiger partial charge in [-0.2, -0.15) is 13.2 Å². The Hall–Kier alpha value is -0.290. The van der Waals surface area contributed by atoms with Gasteiger partial charge in [-0.25, -0.2) is 0 Å². The van der Waals surface area contributed by atoms with Crippen LogP contribution in [0.4, 0.5) is 13.2 Å². The molecule has 0 saturated heterocycles. The Labute approximate surface area is 103 Å². The molecule has 0 bridgehead atoms. The lowest BCUT2D eigenvalue weighted by Crippen LogP contribution is -2.25. The van der Waals surface area contributed by atoms with Crippen LogP contribution in [0.3, 0.4) is 0 Å². The number of nitrogens with one attached hydrogen (secondary N) is 1. The highest BCUT2D eigenvalue weighted by molar-refractivity contribution is 4.57. The highest BCUT2D eigenvalue weighted by Crippen LogP contribution is 2.19. The van der Waals surface area contributed by atoms with Crippen LogP contribution in [0.5, 0.6) is 0 Å². The van der Waals surface area contributed by atoms with Crippen LogP contribution in [-0.4, -0.2) is 44.3 Å². The van der Waals surface area contributed by atoms with E-state index in [1.807, 2.05) is 0 Å². The van der Waals surface area contributed by atoms with Crippen molar-refractivity contribution >= 4 is 0 Å². The van der Waals surface area contributed by atoms with Gasteiger partial charge >= 0.3 is 6.18 Å². The fraction of sp³-hybridized carbons (Fsp3) is 1.00. The minimum Gasteiger partial charge on any atom is -0.317 e. The van der Waals surface area contributed by atoms with Crippen molar-refractivity contribution in [1.82, 2.24) is 10.2 Å². The Morgan fingerprint density at radius 3 is 2.24 bits per heavy atom. The van der Waals surface area contributed by atoms with E-state index in [-0.39, 0.29) is 6.54 Å². The quantitative estimate of drug-likeness (QED) is 0.603. The minimum absolute atomic E-state index is 0.112. The standard InChI is InChI=1S/C12H25F3N2/c1-3-16-9-6-4-5-7-10-17(2)11-8-12(13,14)15/h16H,3-11H2,1-2H3. The van der Waals surface area contributed by atoms with Crippen LogP contribution >= 0.6 is 0 Å². The Morgan fingerprint density at radius 1 is 1.00 bits per heavy atom. The third-order valence-corrected chi connectivity index (χ3v) is 2.67. The van der Waals surface area contributed by atoms with Crippen LogP contribution in [-0.2, 0) is 0 Å². The summed E-state index contributed by atoms with van der Waals surface area (Å²) < 4.78 is 35.8. The first-order chi connectivity index (χ1) is 7.95. The third kappa shape index (κ3) is 13.6. The van der Waals surface area contributed by atoms with Gasteiger partial charge in [0.1, 0.15) is 0 Å². The van der Waals surface area contributed by atoms with Crippen molar-refractivity contribution in [3.63, 3.8) is 0 Å². The van der Waals surface area contributed by atoms with Crippen molar-refractivity contribution in [2.45, 2.75) is 45.2 Å². The highest BCUT2D eigenvalue weighted by Gasteiger charge is 2.26. The normalized spacial score (nSPS) is 12.4. The second-order valence-electron chi connectivity index (χ2n) is 4.44. The summed E-state index contributed by atoms with van der Waals surface area (Å²) in [5.41, 5.74) is 0. The monoisotopic (exact) mass is 254 g/mol. The molecule has 1 N–H and O–H groups in total. The summed E-state index contributed by atoms with van der Waals surface area (Å²) in [5, 5.41) is 3.25. The molecule has 0 aromatic carbocycles. The van der Waals surface area contributed by atoms with Crippen LogP contribution in [0.25, 0.3) is 0 Å². The Kier molecular flexibility index (Phi) is 9.55. The molecule has 0 aliphatic carbocycles. The Balaban J connectivity index is 3.25. The van der Waals surface area contributed by atoms with E-state index < -0.39 is 12.6 Å². The zero-order valence-electron chi connectivity index (χ0n) is 10.9. The Morgan fingerprint density at radius 2 is 1.65 bits per heavy atom. The van der Waals surface area contributed by atoms with Crippen LogP contribution in [0.1, 0.15) is 39.0 Å². The van der Waals surface area contributed by atoms with E-state index in [0.29, 0.717) is 0 Å². The molecular formula is C12H25F3N2. The summed E-state index contributed by atoms with van der Waals surface area (Å²) in [7, 11) is 1.75. The maximum atomic E-state index is 11.9. The highest BCUT2D eigenvalue weighted by atomic mass is 19.4. The average molecular weight is 254 g/mol. The van der Waals surface area contributed by atoms with Crippen LogP contribution in [0.15, 0.2) is 0 Å². The number of nitrogens with zero attached hydrogens (tertiary/aromatic N) is 1. The molecule has 0 aliphatic rings. The van der Waals surface area contributed by atoms with E-state index in [9.17, 15) is 13.2 Å². The largest absolute Gasteiger partial charge is 0.390 e. The second-order valence-corrected chi connectivity index (χ2v) is 4.44. The molecule has 0 aromatic rings. The number of rotatable bonds is 10. The average Bonchev–Trinajstić information content (AvgIpc) is 2.24. The van der Waals surface area contributed by atoms with Crippen molar-refractivity contribution in [1.29, 1.82) is 0 Å². The molecule has 17 heavy (non-hydrogen) atoms. The summed E-state index contributed by atoms with van der Waals surface area (Å²) in [6, 6.07) is 0. The van der Waals surface area contributed by atoms with Gasteiger partial charge in [-0.05, 0) is 39.5 Å². The van der Waals surface area contributed by atoms with Crippen molar-refractivity contribution in [3.8, 4) is 0 Å². The molecule has 0 aromatic heterocycles. The molecule has 2 nitrogen and oxygen atoms in total. The first-order valence-corrected chi connectivity index (χ1v) is 6.41. The maximum Gasteiger partial charge on any atom is 0.390 e. The number of unbranched alkanes of at least 4 members (excludes halogenated alkanes) is 3. The number of alkyl halides is 3. The molecule has 0 atom stereocenters. The van der Waals surface area contributed by atoms with Gasteiger partial charge in [0.05, 0.1) is 6.42 Å². The summed E-state index contributed by atoms with van der Waals surface area (Å²) in [6.45, 7) is 4.99. The van der Waals surface area contributed by atoms with Crippen molar-refractivity contribution in [3.05, 3.63) is 0 Å². The smallest absolute Gasteiger partial charge is 0.317 e. The van der Waals surface area contributed by atoms with Gasteiger partial charge in [0.15, 0.2) is 0 Å². The fourth-order valence-electron chi connectivity index (χ4n) is 1.59. The lowest BCUT2D eigenvalue weighted by atomic mass is 10.2. The summed E-state index contributed by atoms with van der Waals surface area (Å²) in [4.78, 5) is 1.76. The SMILES string of the molecule is CCNCCCCCCN(C)CCC(F)(F)F. The van der Waals surface area contributed by atoms with E-state index in [1.165, 1.54) is 0 Å². The fourth-order valence-corrected chi connectivity index (χ4v) is 1.59. The molecule has 0 aliphatic heterocycles. The zero-order chi connectivity index (χ0) is 13.1. The molecule has 0 fully saturated rings. The molecule has 0 spiro atoms. The summed E-state index contributed by atoms with van der Waals surface area (Å²) >= 11 is 0. The predicted molar refractivity (Wildman–Crippen MR) is 65.2 cm³/mol. The van der Waals surface area contributed by atoms with E-state index >= 15 is 0 Å². The molecular weight excluding hydrogens is 229 g/mol. The van der Waals surface area contributed by atoms with Crippen LogP contribution in [0, 0.1) is 0 Å². The van der Waals surface area contributed by atoms with Crippen molar-refractivity contribution < 1.29 is 13.2 Å². The van der Waals surface area contributed by atoms with Crippen LogP contribution in [0.2, 0.25) is 0 Å². The number of hydrogen-bond donors (Lipinski definition) is 1. The van der Waals surface area contributed by atoms with Gasteiger partial charge in [-0.15, -0.1) is 0 Å². The molecule has 0 radical (unpaired) electrons. The predicted octanol–water partition coefficient (Wildman–Crippen LogP) is 3.04. The van der Waals surface area contributed by atoms with E-state index in [4.69, 9.17) is 0 Å². The number of halogens is 3. The zero-order valence-corrected chi connectivity index (χ0v) is 10.9. The van der Waals surface area contributed by atoms with E-state index in [2.05, 4.69) is 12.2 Å². The molecule has 104 valence electrons. The first-order valence-electron chi connectivity index (χ1n) is 6.41. The van der Waals surface area contributed by atoms with E-state index in [1.54, 1.807) is 11.9 Å². The molecule has 0 rings (SSSR count). The van der Waals surface area contributed by atoms with Crippen LogP contribution < -0.4 is 5.32 Å². The van der Waals surface area contributed by atoms with Crippen molar-refractivity contribution in [2.75, 3.05) is 33.2 Å². The van der Waals surface area contributed by atoms with Gasteiger partial charge < -0.3 is 10.2 Å². The maximum absolute atomic E-state index is 11.9. The van der Waals surface area contributed by atoms with Gasteiger partial charge in [0.2, 0.25) is 0 Å².